The van der Waals surface area contributed by atoms with E-state index in [1.165, 1.54) is 63.4 Å². The Labute approximate surface area is 111 Å². The van der Waals surface area contributed by atoms with Crippen LogP contribution in [0.1, 0.15) is 39.5 Å². The second kappa shape index (κ2) is 6.44. The van der Waals surface area contributed by atoms with Crippen molar-refractivity contribution in [2.45, 2.75) is 45.6 Å². The van der Waals surface area contributed by atoms with Crippen molar-refractivity contribution in [1.29, 1.82) is 0 Å². The first kappa shape index (κ1) is 13.7. The molecule has 1 saturated carbocycles. The predicted octanol–water partition coefficient (Wildman–Crippen LogP) is 2.59. The third kappa shape index (κ3) is 4.80. The van der Waals surface area contributed by atoms with Gasteiger partial charge in [-0.25, -0.2) is 0 Å². The SMILES string of the molecule is CCC(C)(CNC1CC1)CN1CCCSCC1. The molecule has 0 aromatic rings. The van der Waals surface area contributed by atoms with E-state index in [0.29, 0.717) is 5.41 Å². The van der Waals surface area contributed by atoms with Crippen molar-refractivity contribution in [3.05, 3.63) is 0 Å². The van der Waals surface area contributed by atoms with E-state index in [2.05, 4.69) is 35.8 Å². The molecular formula is C14H28N2S. The average Bonchev–Trinajstić information content (AvgIpc) is 3.14. The summed E-state index contributed by atoms with van der Waals surface area (Å²) in [4.78, 5) is 2.69. The highest BCUT2D eigenvalue weighted by molar-refractivity contribution is 7.99. The van der Waals surface area contributed by atoms with Crippen molar-refractivity contribution >= 4 is 11.8 Å². The Morgan fingerprint density at radius 2 is 2.12 bits per heavy atom. The number of rotatable bonds is 6. The molecule has 1 saturated heterocycles. The van der Waals surface area contributed by atoms with Gasteiger partial charge in [0.15, 0.2) is 0 Å². The Morgan fingerprint density at radius 3 is 2.82 bits per heavy atom. The third-order valence-electron chi connectivity index (χ3n) is 4.17. The van der Waals surface area contributed by atoms with Gasteiger partial charge < -0.3 is 10.2 Å². The Hall–Kier alpha value is 0.270. The van der Waals surface area contributed by atoms with Crippen LogP contribution in [-0.2, 0) is 0 Å². The van der Waals surface area contributed by atoms with Gasteiger partial charge in [-0.2, -0.15) is 11.8 Å². The van der Waals surface area contributed by atoms with Gasteiger partial charge in [-0.3, -0.25) is 0 Å². The van der Waals surface area contributed by atoms with Crippen LogP contribution < -0.4 is 5.32 Å². The summed E-state index contributed by atoms with van der Waals surface area (Å²) in [5.74, 6) is 2.69. The van der Waals surface area contributed by atoms with Crippen molar-refractivity contribution in [3.63, 3.8) is 0 Å². The first-order valence-corrected chi connectivity index (χ1v) is 8.41. The molecule has 0 aromatic heterocycles. The summed E-state index contributed by atoms with van der Waals surface area (Å²) in [5.41, 5.74) is 0.470. The zero-order valence-electron chi connectivity index (χ0n) is 11.5. The van der Waals surface area contributed by atoms with Gasteiger partial charge in [0.2, 0.25) is 0 Å². The van der Waals surface area contributed by atoms with Crippen LogP contribution in [0, 0.1) is 5.41 Å². The average molecular weight is 256 g/mol. The van der Waals surface area contributed by atoms with Gasteiger partial charge in [-0.1, -0.05) is 13.8 Å². The van der Waals surface area contributed by atoms with Crippen molar-refractivity contribution in [1.82, 2.24) is 10.2 Å². The number of hydrogen-bond donors (Lipinski definition) is 1. The molecule has 2 fully saturated rings. The largest absolute Gasteiger partial charge is 0.313 e. The Bertz CT molecular complexity index is 222. The molecule has 2 aliphatic rings. The minimum atomic E-state index is 0.470. The van der Waals surface area contributed by atoms with E-state index in [9.17, 15) is 0 Å². The lowest BCUT2D eigenvalue weighted by Gasteiger charge is -2.34. The quantitative estimate of drug-likeness (QED) is 0.786. The van der Waals surface area contributed by atoms with Crippen LogP contribution >= 0.6 is 11.8 Å². The van der Waals surface area contributed by atoms with Crippen LogP contribution in [0.3, 0.4) is 0 Å². The highest BCUT2D eigenvalue weighted by atomic mass is 32.2. The molecule has 0 amide bonds. The molecule has 17 heavy (non-hydrogen) atoms. The fourth-order valence-electron chi connectivity index (χ4n) is 2.47. The number of nitrogens with zero attached hydrogens (tertiary/aromatic N) is 1. The van der Waals surface area contributed by atoms with Crippen LogP contribution in [0.5, 0.6) is 0 Å². The molecule has 0 spiro atoms. The van der Waals surface area contributed by atoms with Gasteiger partial charge in [0, 0.05) is 31.4 Å². The molecule has 1 unspecified atom stereocenters. The fraction of sp³-hybridized carbons (Fsp3) is 1.00. The Morgan fingerprint density at radius 1 is 1.29 bits per heavy atom. The van der Waals surface area contributed by atoms with E-state index in [1.807, 2.05) is 0 Å². The molecule has 1 aliphatic carbocycles. The van der Waals surface area contributed by atoms with Crippen LogP contribution in [0.2, 0.25) is 0 Å². The molecule has 100 valence electrons. The normalized spacial score (nSPS) is 26.5. The van der Waals surface area contributed by atoms with Gasteiger partial charge in [0.25, 0.3) is 0 Å². The lowest BCUT2D eigenvalue weighted by atomic mass is 9.86. The summed E-state index contributed by atoms with van der Waals surface area (Å²) in [7, 11) is 0. The van der Waals surface area contributed by atoms with Crippen molar-refractivity contribution in [2.24, 2.45) is 5.41 Å². The van der Waals surface area contributed by atoms with Crippen molar-refractivity contribution in [2.75, 3.05) is 37.7 Å². The van der Waals surface area contributed by atoms with Gasteiger partial charge in [0.05, 0.1) is 0 Å². The molecule has 1 atom stereocenters. The summed E-state index contributed by atoms with van der Waals surface area (Å²) >= 11 is 2.12. The highest BCUT2D eigenvalue weighted by Gasteiger charge is 2.29. The van der Waals surface area contributed by atoms with Crippen LogP contribution in [-0.4, -0.2) is 48.6 Å². The van der Waals surface area contributed by atoms with Gasteiger partial charge in [-0.15, -0.1) is 0 Å². The maximum Gasteiger partial charge on any atom is 0.00726 e. The zero-order valence-corrected chi connectivity index (χ0v) is 12.3. The van der Waals surface area contributed by atoms with E-state index in [-0.39, 0.29) is 0 Å². The molecule has 1 aliphatic heterocycles. The minimum absolute atomic E-state index is 0.470. The lowest BCUT2D eigenvalue weighted by molar-refractivity contribution is 0.163. The maximum absolute atomic E-state index is 3.72. The van der Waals surface area contributed by atoms with E-state index in [1.54, 1.807) is 0 Å². The smallest absolute Gasteiger partial charge is 0.00726 e. The van der Waals surface area contributed by atoms with E-state index < -0.39 is 0 Å². The molecular weight excluding hydrogens is 228 g/mol. The summed E-state index contributed by atoms with van der Waals surface area (Å²) in [6.45, 7) is 9.90. The molecule has 3 heteroatoms. The standard InChI is InChI=1S/C14H28N2S/c1-3-14(2,11-15-13-5-6-13)12-16-7-4-9-17-10-8-16/h13,15H,3-12H2,1-2H3. The topological polar surface area (TPSA) is 15.3 Å². The Balaban J connectivity index is 1.78. The zero-order chi connectivity index (χ0) is 12.1. The van der Waals surface area contributed by atoms with Crippen molar-refractivity contribution in [3.8, 4) is 0 Å². The number of nitrogens with one attached hydrogen (secondary N) is 1. The molecule has 2 rings (SSSR count). The minimum Gasteiger partial charge on any atom is -0.313 e. The van der Waals surface area contributed by atoms with Crippen LogP contribution in [0.25, 0.3) is 0 Å². The molecule has 1 heterocycles. The number of hydrogen-bond acceptors (Lipinski definition) is 3. The molecule has 1 N–H and O–H groups in total. The Kier molecular flexibility index (Phi) is 5.19. The van der Waals surface area contributed by atoms with Gasteiger partial charge in [0.1, 0.15) is 0 Å². The summed E-state index contributed by atoms with van der Waals surface area (Å²) < 4.78 is 0. The van der Waals surface area contributed by atoms with Crippen molar-refractivity contribution < 1.29 is 0 Å². The predicted molar refractivity (Wildman–Crippen MR) is 77.8 cm³/mol. The second-order valence-corrected chi connectivity index (χ2v) is 7.29. The van der Waals surface area contributed by atoms with Crippen LogP contribution in [0.15, 0.2) is 0 Å². The first-order valence-electron chi connectivity index (χ1n) is 7.25. The molecule has 0 radical (unpaired) electrons. The summed E-state index contributed by atoms with van der Waals surface area (Å²) in [6.07, 6.45) is 5.47. The summed E-state index contributed by atoms with van der Waals surface area (Å²) in [6, 6.07) is 0.848. The fourth-order valence-corrected chi connectivity index (χ4v) is 3.39. The highest BCUT2D eigenvalue weighted by Crippen LogP contribution is 2.26. The van der Waals surface area contributed by atoms with E-state index >= 15 is 0 Å². The third-order valence-corrected chi connectivity index (χ3v) is 5.22. The molecule has 2 nitrogen and oxygen atoms in total. The second-order valence-electron chi connectivity index (χ2n) is 6.06. The number of thioether (sulfide) groups is 1. The maximum atomic E-state index is 3.72. The van der Waals surface area contributed by atoms with E-state index in [0.717, 1.165) is 6.04 Å². The van der Waals surface area contributed by atoms with Gasteiger partial charge >= 0.3 is 0 Å². The molecule has 0 aromatic carbocycles. The van der Waals surface area contributed by atoms with Crippen LogP contribution in [0.4, 0.5) is 0 Å². The van der Waals surface area contributed by atoms with Gasteiger partial charge in [-0.05, 0) is 43.4 Å². The monoisotopic (exact) mass is 256 g/mol. The first-order chi connectivity index (χ1) is 8.22. The summed E-state index contributed by atoms with van der Waals surface area (Å²) in [5, 5.41) is 3.72. The van der Waals surface area contributed by atoms with E-state index in [4.69, 9.17) is 0 Å². The molecule has 0 bridgehead atoms. The lowest BCUT2D eigenvalue weighted by Crippen LogP contribution is -2.43.